The fourth-order valence-electron chi connectivity index (χ4n) is 2.51. The number of carbonyl (C=O) groups is 2. The molecule has 0 saturated heterocycles. The second-order valence-corrected chi connectivity index (χ2v) is 4.81. The van der Waals surface area contributed by atoms with E-state index < -0.39 is 0 Å². The first-order valence-corrected chi connectivity index (χ1v) is 6.84. The van der Waals surface area contributed by atoms with Gasteiger partial charge in [0.25, 0.3) is 5.91 Å². The van der Waals surface area contributed by atoms with Crippen LogP contribution in [-0.2, 0) is 11.2 Å². The summed E-state index contributed by atoms with van der Waals surface area (Å²) >= 11 is 0. The van der Waals surface area contributed by atoms with Crippen LogP contribution in [0.15, 0.2) is 35.0 Å². The van der Waals surface area contributed by atoms with Crippen LogP contribution >= 0.6 is 0 Å². The van der Waals surface area contributed by atoms with E-state index in [1.54, 1.807) is 11.0 Å². The Kier molecular flexibility index (Phi) is 3.43. The predicted molar refractivity (Wildman–Crippen MR) is 77.2 cm³/mol. The van der Waals surface area contributed by atoms with Crippen LogP contribution in [0, 0.1) is 0 Å². The van der Waals surface area contributed by atoms with Crippen LogP contribution in [0.2, 0.25) is 0 Å². The lowest BCUT2D eigenvalue weighted by Gasteiger charge is -2.28. The molecule has 21 heavy (non-hydrogen) atoms. The van der Waals surface area contributed by atoms with Gasteiger partial charge in [-0.25, -0.2) is 0 Å². The number of hydrogen-bond acceptors (Lipinski definition) is 4. The number of carbonyl (C=O) groups excluding carboxylic acids is 2. The average Bonchev–Trinajstić information content (AvgIpc) is 3.02. The maximum atomic E-state index is 11.9. The Hall–Kier alpha value is -2.63. The van der Waals surface area contributed by atoms with Gasteiger partial charge in [0.2, 0.25) is 11.7 Å². The minimum Gasteiger partial charge on any atom is -0.351 e. The summed E-state index contributed by atoms with van der Waals surface area (Å²) in [7, 11) is 0. The molecule has 0 atom stereocenters. The summed E-state index contributed by atoms with van der Waals surface area (Å²) in [5.74, 6) is -0.0341. The summed E-state index contributed by atoms with van der Waals surface area (Å²) in [4.78, 5) is 25.5. The van der Waals surface area contributed by atoms with Gasteiger partial charge in [-0.2, -0.15) is 0 Å². The molecule has 1 aliphatic rings. The number of hydrogen-bond donors (Lipinski definition) is 1. The Bertz CT molecular complexity index is 679. The third kappa shape index (κ3) is 2.52. The third-order valence-electron chi connectivity index (χ3n) is 3.52. The molecule has 0 fully saturated rings. The average molecular weight is 285 g/mol. The molecule has 0 saturated carbocycles. The molecular weight excluding hydrogens is 270 g/mol. The van der Waals surface area contributed by atoms with E-state index in [0.717, 1.165) is 11.3 Å². The molecule has 1 aliphatic heterocycles. The first-order valence-electron chi connectivity index (χ1n) is 6.84. The zero-order chi connectivity index (χ0) is 14.8. The van der Waals surface area contributed by atoms with E-state index in [4.69, 9.17) is 4.52 Å². The molecule has 0 spiro atoms. The van der Waals surface area contributed by atoms with Crippen molar-refractivity contribution in [3.63, 3.8) is 0 Å². The Morgan fingerprint density at radius 1 is 1.38 bits per heavy atom. The van der Waals surface area contributed by atoms with Crippen molar-refractivity contribution in [3.8, 4) is 0 Å². The lowest BCUT2D eigenvalue weighted by molar-refractivity contribution is -0.118. The van der Waals surface area contributed by atoms with E-state index in [1.165, 1.54) is 12.3 Å². The standard InChI is InChI=1S/C15H15N3O3/c1-2-18-12-5-4-11(9-10(12)3-6-14(18)19)17-15(20)13-7-8-16-21-13/h4-5,7-9H,2-3,6H2,1H3,(H,17,20). The topological polar surface area (TPSA) is 75.4 Å². The fraction of sp³-hybridized carbons (Fsp3) is 0.267. The van der Waals surface area contributed by atoms with Gasteiger partial charge in [0, 0.05) is 30.4 Å². The van der Waals surface area contributed by atoms with E-state index in [-0.39, 0.29) is 17.6 Å². The van der Waals surface area contributed by atoms with Gasteiger partial charge in [-0.3, -0.25) is 9.59 Å². The second-order valence-electron chi connectivity index (χ2n) is 4.81. The van der Waals surface area contributed by atoms with Crippen LogP contribution in [-0.4, -0.2) is 23.5 Å². The minimum atomic E-state index is -0.341. The summed E-state index contributed by atoms with van der Waals surface area (Å²) < 4.78 is 4.81. The van der Waals surface area contributed by atoms with Crippen molar-refractivity contribution < 1.29 is 14.1 Å². The highest BCUT2D eigenvalue weighted by Gasteiger charge is 2.23. The summed E-state index contributed by atoms with van der Waals surface area (Å²) in [6, 6.07) is 7.06. The number of anilines is 2. The zero-order valence-corrected chi connectivity index (χ0v) is 11.6. The highest BCUT2D eigenvalue weighted by Crippen LogP contribution is 2.30. The quantitative estimate of drug-likeness (QED) is 0.938. The normalized spacial score (nSPS) is 14.0. The molecule has 1 N–H and O–H groups in total. The molecular formula is C15H15N3O3. The molecule has 0 bridgehead atoms. The number of benzene rings is 1. The smallest absolute Gasteiger partial charge is 0.294 e. The Morgan fingerprint density at radius 2 is 2.24 bits per heavy atom. The molecule has 108 valence electrons. The van der Waals surface area contributed by atoms with Crippen LogP contribution in [0.4, 0.5) is 11.4 Å². The SMILES string of the molecule is CCN1C(=O)CCc2cc(NC(=O)c3ccno3)ccc21. The van der Waals surface area contributed by atoms with E-state index in [2.05, 4.69) is 10.5 Å². The second kappa shape index (κ2) is 5.40. The van der Waals surface area contributed by atoms with E-state index in [1.807, 2.05) is 19.1 Å². The molecule has 2 heterocycles. The Morgan fingerprint density at radius 3 is 2.95 bits per heavy atom. The maximum absolute atomic E-state index is 11.9. The van der Waals surface area contributed by atoms with Gasteiger partial charge < -0.3 is 14.7 Å². The van der Waals surface area contributed by atoms with Gasteiger partial charge >= 0.3 is 0 Å². The largest absolute Gasteiger partial charge is 0.351 e. The monoisotopic (exact) mass is 285 g/mol. The van der Waals surface area contributed by atoms with Crippen molar-refractivity contribution in [1.29, 1.82) is 0 Å². The minimum absolute atomic E-state index is 0.142. The van der Waals surface area contributed by atoms with Crippen LogP contribution in [0.3, 0.4) is 0 Å². The molecule has 2 amide bonds. The van der Waals surface area contributed by atoms with Gasteiger partial charge in [0.05, 0.1) is 6.20 Å². The molecule has 2 aromatic rings. The van der Waals surface area contributed by atoms with Gasteiger partial charge in [-0.15, -0.1) is 0 Å². The number of fused-ring (bicyclic) bond motifs is 1. The van der Waals surface area contributed by atoms with Crippen LogP contribution < -0.4 is 10.2 Å². The molecule has 1 aromatic heterocycles. The van der Waals surface area contributed by atoms with Crippen molar-refractivity contribution in [1.82, 2.24) is 5.16 Å². The van der Waals surface area contributed by atoms with Crippen molar-refractivity contribution in [2.45, 2.75) is 19.8 Å². The van der Waals surface area contributed by atoms with Crippen LogP contribution in [0.5, 0.6) is 0 Å². The number of nitrogens with one attached hydrogen (secondary N) is 1. The molecule has 1 aromatic carbocycles. The van der Waals surface area contributed by atoms with Gasteiger partial charge in [-0.05, 0) is 37.1 Å². The predicted octanol–water partition coefficient (Wildman–Crippen LogP) is 2.23. The zero-order valence-electron chi connectivity index (χ0n) is 11.6. The number of aromatic nitrogens is 1. The number of nitrogens with zero attached hydrogens (tertiary/aromatic N) is 2. The van der Waals surface area contributed by atoms with Gasteiger partial charge in [0.1, 0.15) is 0 Å². The van der Waals surface area contributed by atoms with E-state index >= 15 is 0 Å². The number of amides is 2. The van der Waals surface area contributed by atoms with E-state index in [0.29, 0.717) is 25.1 Å². The first-order chi connectivity index (χ1) is 10.2. The molecule has 0 radical (unpaired) electrons. The number of rotatable bonds is 3. The van der Waals surface area contributed by atoms with Crippen LogP contribution in [0.25, 0.3) is 0 Å². The van der Waals surface area contributed by atoms with Crippen molar-refractivity contribution in [2.75, 3.05) is 16.8 Å². The van der Waals surface area contributed by atoms with Gasteiger partial charge in [0.15, 0.2) is 0 Å². The molecule has 0 unspecified atom stereocenters. The highest BCUT2D eigenvalue weighted by molar-refractivity contribution is 6.03. The van der Waals surface area contributed by atoms with E-state index in [9.17, 15) is 9.59 Å². The summed E-state index contributed by atoms with van der Waals surface area (Å²) in [5, 5.41) is 6.27. The third-order valence-corrected chi connectivity index (χ3v) is 3.52. The summed E-state index contributed by atoms with van der Waals surface area (Å²) in [6.45, 7) is 2.60. The highest BCUT2D eigenvalue weighted by atomic mass is 16.5. The lowest BCUT2D eigenvalue weighted by atomic mass is 10.0. The summed E-state index contributed by atoms with van der Waals surface area (Å²) in [5.41, 5.74) is 2.67. The molecule has 6 heteroatoms. The maximum Gasteiger partial charge on any atom is 0.294 e. The molecule has 6 nitrogen and oxygen atoms in total. The first kappa shape index (κ1) is 13.4. The Balaban J connectivity index is 1.83. The van der Waals surface area contributed by atoms with Crippen molar-refractivity contribution in [2.24, 2.45) is 0 Å². The Labute approximate surface area is 121 Å². The number of aryl methyl sites for hydroxylation is 1. The fourth-order valence-corrected chi connectivity index (χ4v) is 2.51. The lowest BCUT2D eigenvalue weighted by Crippen LogP contribution is -2.34. The van der Waals surface area contributed by atoms with Crippen molar-refractivity contribution >= 4 is 23.2 Å². The molecule has 3 rings (SSSR count). The molecule has 0 aliphatic carbocycles. The van der Waals surface area contributed by atoms with Crippen LogP contribution in [0.1, 0.15) is 29.5 Å². The van der Waals surface area contributed by atoms with Crippen molar-refractivity contribution in [3.05, 3.63) is 41.8 Å². The summed E-state index contributed by atoms with van der Waals surface area (Å²) in [6.07, 6.45) is 2.61. The van der Waals surface area contributed by atoms with Gasteiger partial charge in [-0.1, -0.05) is 5.16 Å².